The summed E-state index contributed by atoms with van der Waals surface area (Å²) in [6.45, 7) is 7.24. The fourth-order valence-corrected chi connectivity index (χ4v) is 3.16. The molecule has 166 valence electrons. The molecule has 0 fully saturated rings. The van der Waals surface area contributed by atoms with E-state index in [1.807, 2.05) is 0 Å². The van der Waals surface area contributed by atoms with Gasteiger partial charge in [-0.1, -0.05) is 13.2 Å². The Kier molecular flexibility index (Phi) is 7.83. The van der Waals surface area contributed by atoms with Crippen LogP contribution in [0.4, 0.5) is 14.6 Å². The summed E-state index contributed by atoms with van der Waals surface area (Å²) < 4.78 is 53.7. The lowest BCUT2D eigenvalue weighted by Gasteiger charge is -2.32. The van der Waals surface area contributed by atoms with Gasteiger partial charge in [0.25, 0.3) is 0 Å². The zero-order valence-electron chi connectivity index (χ0n) is 17.4. The molecule has 2 aromatic rings. The van der Waals surface area contributed by atoms with Crippen molar-refractivity contribution in [3.8, 4) is 11.1 Å². The molecule has 0 aliphatic rings. The van der Waals surface area contributed by atoms with Gasteiger partial charge in [-0.05, 0) is 29.8 Å². The number of halogens is 2. The zero-order chi connectivity index (χ0) is 23.2. The van der Waals surface area contributed by atoms with Crippen LogP contribution in [-0.4, -0.2) is 50.0 Å². The van der Waals surface area contributed by atoms with Gasteiger partial charge < -0.3 is 5.01 Å². The van der Waals surface area contributed by atoms with Crippen LogP contribution in [0, 0.1) is 11.6 Å². The zero-order valence-corrected chi connectivity index (χ0v) is 18.2. The second kappa shape index (κ2) is 10.1. The fraction of sp³-hybridized carbons (Fsp3) is 0.200. The highest BCUT2D eigenvalue weighted by atomic mass is 32.2. The lowest BCUT2D eigenvalue weighted by Crippen LogP contribution is -2.37. The number of sulfonamides is 1. The number of nitrogens with zero attached hydrogens (tertiary/aromatic N) is 4. The molecule has 1 unspecified atom stereocenters. The molecule has 0 aliphatic heterocycles. The Balaban J connectivity index is 2.70. The van der Waals surface area contributed by atoms with Crippen LogP contribution in [0.25, 0.3) is 11.1 Å². The van der Waals surface area contributed by atoms with E-state index in [2.05, 4.69) is 33.4 Å². The van der Waals surface area contributed by atoms with E-state index in [0.717, 1.165) is 18.4 Å². The minimum absolute atomic E-state index is 0.0246. The summed E-state index contributed by atoms with van der Waals surface area (Å²) in [6, 6.07) is 5.47. The Labute approximate surface area is 180 Å². The molecule has 0 radical (unpaired) electrons. The standard InChI is InChI=1S/C20H24F2N6O2S/c1-6-23-24-13-19(28(4)27(3)7-2)18-10-14(11-20(25-18)26-31(5,29)30)16-9-8-15(21)12-17(16)22/h6-13,19,23H,1-2H2,3-5H3,(H,25,26). The van der Waals surface area contributed by atoms with Crippen molar-refractivity contribution < 1.29 is 17.2 Å². The first kappa shape index (κ1) is 24.0. The largest absolute Gasteiger partial charge is 0.316 e. The average Bonchev–Trinajstić information content (AvgIpc) is 2.68. The fourth-order valence-electron chi connectivity index (χ4n) is 2.68. The Morgan fingerprint density at radius 2 is 1.90 bits per heavy atom. The maximum atomic E-state index is 14.5. The van der Waals surface area contributed by atoms with Crippen LogP contribution in [0.3, 0.4) is 0 Å². The summed E-state index contributed by atoms with van der Waals surface area (Å²) in [5.74, 6) is -1.54. The lowest BCUT2D eigenvalue weighted by atomic mass is 10.0. The van der Waals surface area contributed by atoms with Crippen molar-refractivity contribution in [1.29, 1.82) is 0 Å². The Hall–Kier alpha value is -3.31. The summed E-state index contributed by atoms with van der Waals surface area (Å²) in [5.41, 5.74) is 3.33. The third-order valence-corrected chi connectivity index (χ3v) is 4.81. The van der Waals surface area contributed by atoms with Crippen LogP contribution >= 0.6 is 0 Å². The van der Waals surface area contributed by atoms with Crippen molar-refractivity contribution in [2.24, 2.45) is 5.10 Å². The minimum atomic E-state index is -3.66. The van der Waals surface area contributed by atoms with Gasteiger partial charge in [-0.3, -0.25) is 10.1 Å². The molecule has 0 spiro atoms. The number of benzene rings is 1. The van der Waals surface area contributed by atoms with Gasteiger partial charge in [0.15, 0.2) is 0 Å². The topological polar surface area (TPSA) is 89.9 Å². The second-order valence-corrected chi connectivity index (χ2v) is 8.30. The highest BCUT2D eigenvalue weighted by Crippen LogP contribution is 2.29. The van der Waals surface area contributed by atoms with E-state index in [0.29, 0.717) is 11.3 Å². The Morgan fingerprint density at radius 1 is 1.19 bits per heavy atom. The summed E-state index contributed by atoms with van der Waals surface area (Å²) >= 11 is 0. The Morgan fingerprint density at radius 3 is 2.48 bits per heavy atom. The minimum Gasteiger partial charge on any atom is -0.316 e. The summed E-state index contributed by atoms with van der Waals surface area (Å²) in [4.78, 5) is 4.37. The molecule has 1 heterocycles. The van der Waals surface area contributed by atoms with Gasteiger partial charge >= 0.3 is 0 Å². The number of rotatable bonds is 10. The highest BCUT2D eigenvalue weighted by Gasteiger charge is 2.22. The van der Waals surface area contributed by atoms with Gasteiger partial charge in [0.1, 0.15) is 23.5 Å². The molecular formula is C20H24F2N6O2S. The van der Waals surface area contributed by atoms with E-state index in [9.17, 15) is 17.2 Å². The summed E-state index contributed by atoms with van der Waals surface area (Å²) in [6.07, 6.45) is 5.42. The molecule has 0 saturated heterocycles. The first-order valence-electron chi connectivity index (χ1n) is 8.98. The van der Waals surface area contributed by atoms with Crippen molar-refractivity contribution >= 4 is 22.1 Å². The Bertz CT molecular complexity index is 1090. The number of hydrazine groups is 1. The quantitative estimate of drug-likeness (QED) is 0.427. The number of hydrazone groups is 1. The molecule has 2 N–H and O–H groups in total. The van der Waals surface area contributed by atoms with E-state index in [-0.39, 0.29) is 11.4 Å². The number of aromatic nitrogens is 1. The van der Waals surface area contributed by atoms with Crippen LogP contribution < -0.4 is 10.1 Å². The van der Waals surface area contributed by atoms with Crippen LogP contribution in [0.1, 0.15) is 11.7 Å². The predicted molar refractivity (Wildman–Crippen MR) is 118 cm³/mol. The third kappa shape index (κ3) is 6.59. The maximum Gasteiger partial charge on any atom is 0.230 e. The van der Waals surface area contributed by atoms with Gasteiger partial charge in [-0.25, -0.2) is 27.2 Å². The highest BCUT2D eigenvalue weighted by molar-refractivity contribution is 7.92. The van der Waals surface area contributed by atoms with Crippen LogP contribution in [-0.2, 0) is 10.0 Å². The molecule has 11 heteroatoms. The summed E-state index contributed by atoms with van der Waals surface area (Å²) in [5, 5.41) is 7.43. The van der Waals surface area contributed by atoms with Crippen molar-refractivity contribution in [2.75, 3.05) is 25.1 Å². The SMILES string of the molecule is C=CNN=CC(c1cc(-c2ccc(F)cc2F)cc(NS(C)(=O)=O)n1)N(C)N(C)C=C. The van der Waals surface area contributed by atoms with Gasteiger partial charge in [-0.15, -0.1) is 0 Å². The molecule has 0 aliphatic carbocycles. The molecule has 0 saturated carbocycles. The van der Waals surface area contributed by atoms with E-state index >= 15 is 0 Å². The van der Waals surface area contributed by atoms with E-state index in [1.165, 1.54) is 24.5 Å². The second-order valence-electron chi connectivity index (χ2n) is 6.55. The van der Waals surface area contributed by atoms with Gasteiger partial charge in [-0.2, -0.15) is 5.10 Å². The lowest BCUT2D eigenvalue weighted by molar-refractivity contribution is 0.0583. The van der Waals surface area contributed by atoms with E-state index in [1.54, 1.807) is 36.4 Å². The number of pyridine rings is 1. The first-order chi connectivity index (χ1) is 14.6. The predicted octanol–water partition coefficient (Wildman–Crippen LogP) is 3.08. The van der Waals surface area contributed by atoms with Crippen molar-refractivity contribution in [1.82, 2.24) is 20.4 Å². The van der Waals surface area contributed by atoms with E-state index < -0.39 is 27.7 Å². The normalized spacial score (nSPS) is 12.6. The molecule has 1 aromatic heterocycles. The van der Waals surface area contributed by atoms with Crippen molar-refractivity contribution in [3.05, 3.63) is 73.2 Å². The maximum absolute atomic E-state index is 14.5. The van der Waals surface area contributed by atoms with E-state index in [4.69, 9.17) is 0 Å². The number of hydrogen-bond acceptors (Lipinski definition) is 7. The van der Waals surface area contributed by atoms with Gasteiger partial charge in [0.2, 0.25) is 10.0 Å². The van der Waals surface area contributed by atoms with Crippen molar-refractivity contribution in [2.45, 2.75) is 6.04 Å². The summed E-state index contributed by atoms with van der Waals surface area (Å²) in [7, 11) is -0.180. The molecule has 1 aromatic carbocycles. The molecule has 0 amide bonds. The first-order valence-corrected chi connectivity index (χ1v) is 10.9. The smallest absolute Gasteiger partial charge is 0.230 e. The molecule has 0 bridgehead atoms. The van der Waals surface area contributed by atoms with Crippen LogP contribution in [0.5, 0.6) is 0 Å². The van der Waals surface area contributed by atoms with Crippen LogP contribution in [0.2, 0.25) is 0 Å². The van der Waals surface area contributed by atoms with Crippen molar-refractivity contribution in [3.63, 3.8) is 0 Å². The molecule has 8 nitrogen and oxygen atoms in total. The molecule has 1 atom stereocenters. The number of nitrogens with one attached hydrogen (secondary N) is 2. The van der Waals surface area contributed by atoms with Crippen LogP contribution in [0.15, 0.2) is 61.0 Å². The number of anilines is 1. The molecule has 2 rings (SSSR count). The molecule has 31 heavy (non-hydrogen) atoms. The van der Waals surface area contributed by atoms with Gasteiger partial charge in [0, 0.05) is 44.3 Å². The average molecular weight is 451 g/mol. The van der Waals surface area contributed by atoms with Gasteiger partial charge in [0.05, 0.1) is 11.9 Å². The molecular weight excluding hydrogens is 426 g/mol. The number of hydrogen-bond donors (Lipinski definition) is 2. The third-order valence-electron chi connectivity index (χ3n) is 4.23. The monoisotopic (exact) mass is 450 g/mol.